The van der Waals surface area contributed by atoms with E-state index in [1.54, 1.807) is 13.2 Å². The maximum absolute atomic E-state index is 12.4. The third-order valence-electron chi connectivity index (χ3n) is 7.46. The summed E-state index contributed by atoms with van der Waals surface area (Å²) in [4.78, 5) is 12.4. The summed E-state index contributed by atoms with van der Waals surface area (Å²) in [7, 11) is 1.76. The van der Waals surface area contributed by atoms with Crippen molar-refractivity contribution in [3.8, 4) is 16.9 Å². The van der Waals surface area contributed by atoms with E-state index in [4.69, 9.17) is 9.47 Å². The first-order valence-corrected chi connectivity index (χ1v) is 10.7. The van der Waals surface area contributed by atoms with Crippen molar-refractivity contribution in [3.63, 3.8) is 0 Å². The molecule has 2 aromatic rings. The molecule has 0 radical (unpaired) electrons. The molecular weight excluding hydrogens is 360 g/mol. The lowest BCUT2D eigenvalue weighted by Crippen LogP contribution is -2.48. The fraction of sp³-hybridized carbons (Fsp3) is 0.423. The van der Waals surface area contributed by atoms with Gasteiger partial charge in [-0.1, -0.05) is 36.9 Å². The fourth-order valence-electron chi connectivity index (χ4n) is 6.79. The summed E-state index contributed by atoms with van der Waals surface area (Å²) in [5, 5.41) is 0. The first-order valence-electron chi connectivity index (χ1n) is 10.7. The molecule has 4 aliphatic carbocycles. The van der Waals surface area contributed by atoms with Gasteiger partial charge in [0.15, 0.2) is 0 Å². The summed E-state index contributed by atoms with van der Waals surface area (Å²) in [6, 6.07) is 14.1. The average Bonchev–Trinajstić information content (AvgIpc) is 2.72. The van der Waals surface area contributed by atoms with Gasteiger partial charge in [0.25, 0.3) is 0 Å². The summed E-state index contributed by atoms with van der Waals surface area (Å²) in [6.07, 6.45) is 9.37. The average molecular weight is 389 g/mol. The molecule has 0 unspecified atom stereocenters. The van der Waals surface area contributed by atoms with E-state index >= 15 is 0 Å². The minimum atomic E-state index is -0.389. The highest BCUT2D eigenvalue weighted by atomic mass is 16.5. The van der Waals surface area contributed by atoms with Gasteiger partial charge in [-0.2, -0.15) is 0 Å². The smallest absolute Gasteiger partial charge is 0.343 e. The molecule has 0 aromatic heterocycles. The molecule has 3 heteroatoms. The van der Waals surface area contributed by atoms with Gasteiger partial charge in [-0.05, 0) is 85.0 Å². The molecule has 3 nitrogen and oxygen atoms in total. The Bertz CT molecular complexity index is 923. The first-order chi connectivity index (χ1) is 14.1. The Balaban J connectivity index is 1.55. The summed E-state index contributed by atoms with van der Waals surface area (Å²) < 4.78 is 10.9. The van der Waals surface area contributed by atoms with Crippen LogP contribution >= 0.6 is 0 Å². The summed E-state index contributed by atoms with van der Waals surface area (Å²) in [5.41, 5.74) is 4.02. The highest BCUT2D eigenvalue weighted by Gasteiger charge is 2.52. The molecular formula is C26H28O3. The Morgan fingerprint density at radius 3 is 2.31 bits per heavy atom. The van der Waals surface area contributed by atoms with E-state index in [0.717, 1.165) is 34.6 Å². The van der Waals surface area contributed by atoms with Gasteiger partial charge in [0, 0.05) is 5.56 Å². The largest absolute Gasteiger partial charge is 0.496 e. The first kappa shape index (κ1) is 18.5. The van der Waals surface area contributed by atoms with Gasteiger partial charge in [0.1, 0.15) is 5.75 Å². The normalized spacial score (nSPS) is 29.5. The molecule has 0 N–H and O–H groups in total. The Morgan fingerprint density at radius 1 is 1.03 bits per heavy atom. The van der Waals surface area contributed by atoms with Gasteiger partial charge < -0.3 is 9.47 Å². The van der Waals surface area contributed by atoms with Crippen LogP contribution in [0.25, 0.3) is 11.1 Å². The number of hydrogen-bond acceptors (Lipinski definition) is 3. The van der Waals surface area contributed by atoms with Gasteiger partial charge in [-0.25, -0.2) is 4.79 Å². The zero-order chi connectivity index (χ0) is 20.0. The molecule has 4 bridgehead atoms. The Kier molecular flexibility index (Phi) is 4.49. The number of rotatable bonds is 5. The van der Waals surface area contributed by atoms with Crippen LogP contribution in [0.15, 0.2) is 55.3 Å². The number of hydrogen-bond donors (Lipinski definition) is 0. The lowest BCUT2D eigenvalue weighted by molar-refractivity contribution is -0.00615. The van der Waals surface area contributed by atoms with Crippen molar-refractivity contribution in [2.75, 3.05) is 7.11 Å². The van der Waals surface area contributed by atoms with Gasteiger partial charge in [-0.3, -0.25) is 0 Å². The minimum Gasteiger partial charge on any atom is -0.496 e. The van der Waals surface area contributed by atoms with Gasteiger partial charge in [0.2, 0.25) is 0 Å². The number of methoxy groups -OCH3 is 1. The molecule has 0 spiro atoms. The highest BCUT2D eigenvalue weighted by Crippen LogP contribution is 2.62. The molecule has 4 aliphatic rings. The van der Waals surface area contributed by atoms with E-state index in [-0.39, 0.29) is 11.4 Å². The molecule has 29 heavy (non-hydrogen) atoms. The predicted molar refractivity (Wildman–Crippen MR) is 114 cm³/mol. The predicted octanol–water partition coefficient (Wildman–Crippen LogP) is 6.13. The van der Waals surface area contributed by atoms with Crippen molar-refractivity contribution in [3.05, 3.63) is 66.4 Å². The van der Waals surface area contributed by atoms with E-state index < -0.39 is 0 Å². The molecule has 0 aliphatic heterocycles. The van der Waals surface area contributed by atoms with E-state index in [0.29, 0.717) is 5.56 Å². The maximum Gasteiger partial charge on any atom is 0.343 e. The van der Waals surface area contributed by atoms with Crippen molar-refractivity contribution in [1.29, 1.82) is 0 Å². The van der Waals surface area contributed by atoms with Crippen LogP contribution < -0.4 is 4.74 Å². The standard InChI is InChI=1S/C26H28O3/c1-3-29-25(27)22-7-5-4-6-21(22)20-8-9-23(24(13-20)28-2)26-14-17-10-18(15-26)12-19(11-17)16-26/h3-9,13,17-19H,1,10-12,14-16H2,2H3. The van der Waals surface area contributed by atoms with Crippen LogP contribution in [0.5, 0.6) is 5.75 Å². The summed E-state index contributed by atoms with van der Waals surface area (Å²) in [6.45, 7) is 3.49. The maximum atomic E-state index is 12.4. The van der Waals surface area contributed by atoms with Crippen LogP contribution in [0, 0.1) is 17.8 Å². The number of carbonyl (C=O) groups is 1. The molecule has 150 valence electrons. The van der Waals surface area contributed by atoms with Crippen LogP contribution in [0.3, 0.4) is 0 Å². The van der Waals surface area contributed by atoms with E-state index in [2.05, 4.69) is 24.8 Å². The quantitative estimate of drug-likeness (QED) is 0.456. The van der Waals surface area contributed by atoms with E-state index in [1.165, 1.54) is 50.4 Å². The van der Waals surface area contributed by atoms with Crippen molar-refractivity contribution < 1.29 is 14.3 Å². The minimum absolute atomic E-state index is 0.278. The van der Waals surface area contributed by atoms with Crippen LogP contribution in [0.2, 0.25) is 0 Å². The topological polar surface area (TPSA) is 35.5 Å². The van der Waals surface area contributed by atoms with Crippen molar-refractivity contribution in [2.45, 2.75) is 43.9 Å². The third kappa shape index (κ3) is 3.08. The number of ether oxygens (including phenoxy) is 2. The van der Waals surface area contributed by atoms with Crippen LogP contribution in [0.1, 0.15) is 54.4 Å². The van der Waals surface area contributed by atoms with E-state index in [9.17, 15) is 4.79 Å². The second-order valence-corrected chi connectivity index (χ2v) is 9.23. The van der Waals surface area contributed by atoms with Gasteiger partial charge in [0.05, 0.1) is 18.9 Å². The van der Waals surface area contributed by atoms with Crippen molar-refractivity contribution in [2.24, 2.45) is 17.8 Å². The molecule has 0 saturated heterocycles. The summed E-state index contributed by atoms with van der Waals surface area (Å²) in [5.74, 6) is 3.23. The van der Waals surface area contributed by atoms with Crippen LogP contribution in [-0.2, 0) is 10.2 Å². The zero-order valence-electron chi connectivity index (χ0n) is 17.0. The molecule has 0 atom stereocenters. The zero-order valence-corrected chi connectivity index (χ0v) is 17.0. The monoisotopic (exact) mass is 388 g/mol. The molecule has 0 heterocycles. The van der Waals surface area contributed by atoms with Crippen molar-refractivity contribution in [1.82, 2.24) is 0 Å². The molecule has 4 fully saturated rings. The second kappa shape index (κ2) is 7.05. The van der Waals surface area contributed by atoms with Gasteiger partial charge >= 0.3 is 5.97 Å². The second-order valence-electron chi connectivity index (χ2n) is 9.23. The molecule has 0 amide bonds. The molecule has 6 rings (SSSR count). The van der Waals surface area contributed by atoms with Crippen LogP contribution in [-0.4, -0.2) is 13.1 Å². The molecule has 4 saturated carbocycles. The Labute approximate surface area is 172 Å². The fourth-order valence-corrected chi connectivity index (χ4v) is 6.79. The lowest BCUT2D eigenvalue weighted by Gasteiger charge is -2.57. The number of carbonyl (C=O) groups excluding carboxylic acids is 1. The SMILES string of the molecule is C=COC(=O)c1ccccc1-c1ccc(C23CC4CC(CC(C4)C2)C3)c(OC)c1. The lowest BCUT2D eigenvalue weighted by atomic mass is 9.48. The summed E-state index contributed by atoms with van der Waals surface area (Å²) >= 11 is 0. The number of esters is 1. The Morgan fingerprint density at radius 2 is 1.69 bits per heavy atom. The van der Waals surface area contributed by atoms with Crippen molar-refractivity contribution >= 4 is 5.97 Å². The molecule has 2 aromatic carbocycles. The third-order valence-corrected chi connectivity index (χ3v) is 7.46. The Hall–Kier alpha value is -2.55. The van der Waals surface area contributed by atoms with E-state index in [1.807, 2.05) is 18.2 Å². The number of benzene rings is 2. The van der Waals surface area contributed by atoms with Crippen LogP contribution in [0.4, 0.5) is 0 Å². The van der Waals surface area contributed by atoms with Gasteiger partial charge in [-0.15, -0.1) is 0 Å². The highest BCUT2D eigenvalue weighted by molar-refractivity contribution is 5.97.